The zero-order valence-corrected chi connectivity index (χ0v) is 11.5. The van der Waals surface area contributed by atoms with Crippen molar-refractivity contribution in [2.45, 2.75) is 38.6 Å². The minimum absolute atomic E-state index is 0.238. The molecular weight excluding hydrogens is 232 g/mol. The smallest absolute Gasteiger partial charge is 0.230 e. The van der Waals surface area contributed by atoms with E-state index in [1.807, 2.05) is 0 Å². The zero-order chi connectivity index (χ0) is 12.1. The molecule has 1 saturated heterocycles. The highest BCUT2D eigenvalue weighted by molar-refractivity contribution is 7.99. The van der Waals surface area contributed by atoms with E-state index in [-0.39, 0.29) is 5.91 Å². The van der Waals surface area contributed by atoms with E-state index in [0.29, 0.717) is 11.8 Å². The first-order valence-corrected chi connectivity index (χ1v) is 7.97. The van der Waals surface area contributed by atoms with Crippen LogP contribution in [0.5, 0.6) is 0 Å². The van der Waals surface area contributed by atoms with Crippen molar-refractivity contribution >= 4 is 17.7 Å². The summed E-state index contributed by atoms with van der Waals surface area (Å²) in [6, 6.07) is 0.449. The lowest BCUT2D eigenvalue weighted by Crippen LogP contribution is -2.43. The molecule has 0 aromatic rings. The Hall–Kier alpha value is -0.220. The molecule has 0 radical (unpaired) electrons. The molecule has 98 valence electrons. The van der Waals surface area contributed by atoms with E-state index in [2.05, 4.69) is 17.6 Å². The van der Waals surface area contributed by atoms with E-state index in [0.717, 1.165) is 30.7 Å². The van der Waals surface area contributed by atoms with Gasteiger partial charge in [0.25, 0.3) is 0 Å². The third kappa shape index (κ3) is 4.51. The van der Waals surface area contributed by atoms with Gasteiger partial charge >= 0.3 is 0 Å². The number of carbonyl (C=O) groups excluding carboxylic acids is 1. The van der Waals surface area contributed by atoms with Crippen LogP contribution in [0.3, 0.4) is 0 Å². The summed E-state index contributed by atoms with van der Waals surface area (Å²) in [7, 11) is 0. The second-order valence-electron chi connectivity index (χ2n) is 5.56. The molecule has 2 N–H and O–H groups in total. The van der Waals surface area contributed by atoms with Gasteiger partial charge in [-0.05, 0) is 56.4 Å². The lowest BCUT2D eigenvalue weighted by atomic mass is 9.87. The number of amides is 1. The molecule has 1 heterocycles. The number of hydrogen-bond donors (Lipinski definition) is 2. The molecule has 0 aromatic heterocycles. The maximum atomic E-state index is 11.7. The van der Waals surface area contributed by atoms with Crippen LogP contribution in [-0.2, 0) is 4.79 Å². The second-order valence-corrected chi connectivity index (χ2v) is 6.59. The lowest BCUT2D eigenvalue weighted by Gasteiger charge is -2.28. The van der Waals surface area contributed by atoms with E-state index >= 15 is 0 Å². The van der Waals surface area contributed by atoms with Crippen molar-refractivity contribution in [3.05, 3.63) is 0 Å². The number of rotatable bonds is 5. The number of carbonyl (C=O) groups is 1. The van der Waals surface area contributed by atoms with Crippen molar-refractivity contribution in [1.29, 1.82) is 0 Å². The highest BCUT2D eigenvalue weighted by Crippen LogP contribution is 2.23. The van der Waals surface area contributed by atoms with Gasteiger partial charge in [-0.15, -0.1) is 0 Å². The van der Waals surface area contributed by atoms with E-state index in [4.69, 9.17) is 0 Å². The van der Waals surface area contributed by atoms with E-state index < -0.39 is 0 Å². The minimum Gasteiger partial charge on any atom is -0.353 e. The molecule has 2 fully saturated rings. The van der Waals surface area contributed by atoms with Crippen LogP contribution in [0.2, 0.25) is 0 Å². The highest BCUT2D eigenvalue weighted by Gasteiger charge is 2.20. The summed E-state index contributed by atoms with van der Waals surface area (Å²) < 4.78 is 0. The SMILES string of the molecule is CC1CCC(NC(=O)CSCC2CNC2)CC1. The molecule has 2 aliphatic rings. The van der Waals surface area contributed by atoms with Crippen LogP contribution in [0, 0.1) is 11.8 Å². The number of nitrogens with one attached hydrogen (secondary N) is 2. The van der Waals surface area contributed by atoms with Gasteiger partial charge in [-0.2, -0.15) is 11.8 Å². The van der Waals surface area contributed by atoms with E-state index in [1.165, 1.54) is 25.7 Å². The Labute approximate surface area is 108 Å². The quantitative estimate of drug-likeness (QED) is 0.785. The summed E-state index contributed by atoms with van der Waals surface area (Å²) in [6.45, 7) is 4.57. The van der Waals surface area contributed by atoms with Crippen molar-refractivity contribution in [2.24, 2.45) is 11.8 Å². The first-order valence-electron chi connectivity index (χ1n) is 6.82. The fraction of sp³-hybridized carbons (Fsp3) is 0.923. The number of thioether (sulfide) groups is 1. The molecule has 2 rings (SSSR count). The molecule has 0 atom stereocenters. The normalized spacial score (nSPS) is 29.7. The van der Waals surface area contributed by atoms with Crippen molar-refractivity contribution in [2.75, 3.05) is 24.6 Å². The Morgan fingerprint density at radius 1 is 1.29 bits per heavy atom. The summed E-state index contributed by atoms with van der Waals surface area (Å²) in [5.41, 5.74) is 0. The van der Waals surface area contributed by atoms with Gasteiger partial charge in [0, 0.05) is 6.04 Å². The summed E-state index contributed by atoms with van der Waals surface area (Å²) >= 11 is 1.78. The molecule has 1 aliphatic heterocycles. The van der Waals surface area contributed by atoms with Crippen molar-refractivity contribution in [3.8, 4) is 0 Å². The van der Waals surface area contributed by atoms with Gasteiger partial charge in [0.05, 0.1) is 5.75 Å². The van der Waals surface area contributed by atoms with Gasteiger partial charge in [-0.3, -0.25) is 4.79 Å². The molecule has 0 spiro atoms. The molecule has 17 heavy (non-hydrogen) atoms. The van der Waals surface area contributed by atoms with Crippen molar-refractivity contribution in [3.63, 3.8) is 0 Å². The lowest BCUT2D eigenvalue weighted by molar-refractivity contribution is -0.119. The van der Waals surface area contributed by atoms with Gasteiger partial charge in [-0.1, -0.05) is 6.92 Å². The third-order valence-electron chi connectivity index (χ3n) is 3.83. The zero-order valence-electron chi connectivity index (χ0n) is 10.7. The summed E-state index contributed by atoms with van der Waals surface area (Å²) in [6.07, 6.45) is 4.88. The predicted molar refractivity (Wildman–Crippen MR) is 73.2 cm³/mol. The van der Waals surface area contributed by atoms with Gasteiger partial charge in [0.15, 0.2) is 0 Å². The Bertz CT molecular complexity index is 248. The fourth-order valence-electron chi connectivity index (χ4n) is 2.46. The fourth-order valence-corrected chi connectivity index (χ4v) is 3.41. The van der Waals surface area contributed by atoms with Crippen molar-refractivity contribution in [1.82, 2.24) is 10.6 Å². The maximum absolute atomic E-state index is 11.7. The van der Waals surface area contributed by atoms with Crippen LogP contribution in [0.25, 0.3) is 0 Å². The average molecular weight is 256 g/mol. The van der Waals surface area contributed by atoms with Gasteiger partial charge in [0.1, 0.15) is 0 Å². The third-order valence-corrected chi connectivity index (χ3v) is 5.01. The molecule has 4 heteroatoms. The van der Waals surface area contributed by atoms with Crippen LogP contribution in [0.1, 0.15) is 32.6 Å². The van der Waals surface area contributed by atoms with Crippen LogP contribution in [0.15, 0.2) is 0 Å². The molecule has 0 bridgehead atoms. The van der Waals surface area contributed by atoms with E-state index in [9.17, 15) is 4.79 Å². The molecule has 1 saturated carbocycles. The largest absolute Gasteiger partial charge is 0.353 e. The average Bonchev–Trinajstić information content (AvgIpc) is 2.25. The van der Waals surface area contributed by atoms with Crippen LogP contribution in [-0.4, -0.2) is 36.5 Å². The molecule has 1 aliphatic carbocycles. The molecule has 0 unspecified atom stereocenters. The monoisotopic (exact) mass is 256 g/mol. The Morgan fingerprint density at radius 2 is 2.00 bits per heavy atom. The molecule has 3 nitrogen and oxygen atoms in total. The summed E-state index contributed by atoms with van der Waals surface area (Å²) in [5.74, 6) is 3.65. The topological polar surface area (TPSA) is 41.1 Å². The Morgan fingerprint density at radius 3 is 2.59 bits per heavy atom. The number of hydrogen-bond acceptors (Lipinski definition) is 3. The highest BCUT2D eigenvalue weighted by atomic mass is 32.2. The molecule has 1 amide bonds. The predicted octanol–water partition coefficient (Wildman–Crippen LogP) is 1.63. The minimum atomic E-state index is 0.238. The second kappa shape index (κ2) is 6.64. The Balaban J connectivity index is 1.53. The van der Waals surface area contributed by atoms with Crippen LogP contribution >= 0.6 is 11.8 Å². The van der Waals surface area contributed by atoms with Gasteiger partial charge in [-0.25, -0.2) is 0 Å². The first-order chi connectivity index (χ1) is 8.24. The standard InChI is InChI=1S/C13H24N2OS/c1-10-2-4-12(5-3-10)15-13(16)9-17-8-11-6-14-7-11/h10-12,14H,2-9H2,1H3,(H,15,16). The van der Waals surface area contributed by atoms with Gasteiger partial charge < -0.3 is 10.6 Å². The maximum Gasteiger partial charge on any atom is 0.230 e. The summed E-state index contributed by atoms with van der Waals surface area (Å²) in [4.78, 5) is 11.7. The van der Waals surface area contributed by atoms with Crippen molar-refractivity contribution < 1.29 is 4.79 Å². The van der Waals surface area contributed by atoms with E-state index in [1.54, 1.807) is 11.8 Å². The van der Waals surface area contributed by atoms with Gasteiger partial charge in [0.2, 0.25) is 5.91 Å². The molecule has 0 aromatic carbocycles. The van der Waals surface area contributed by atoms with Crippen LogP contribution in [0.4, 0.5) is 0 Å². The Kier molecular flexibility index (Phi) is 5.16. The van der Waals surface area contributed by atoms with Crippen LogP contribution < -0.4 is 10.6 Å². The first kappa shape index (κ1) is 13.2. The summed E-state index contributed by atoms with van der Waals surface area (Å²) in [5, 5.41) is 6.43. The molecular formula is C13H24N2OS.